The Morgan fingerprint density at radius 3 is 2.12 bits per heavy atom. The number of aliphatic imine (C=N–C) groups is 1. The lowest BCUT2D eigenvalue weighted by atomic mass is 10.0. The topological polar surface area (TPSA) is 38.7 Å². The average molecular weight is 335 g/mol. The van der Waals surface area contributed by atoms with Crippen LogP contribution in [0.3, 0.4) is 0 Å². The van der Waals surface area contributed by atoms with E-state index in [0.717, 1.165) is 11.1 Å². The van der Waals surface area contributed by atoms with Gasteiger partial charge >= 0.3 is 5.97 Å². The average Bonchev–Trinajstić information content (AvgIpc) is 2.64. The number of carbonyl (C=O) groups excluding carboxylic acids is 1. The lowest BCUT2D eigenvalue weighted by Gasteiger charge is -2.22. The summed E-state index contributed by atoms with van der Waals surface area (Å²) in [5.41, 5.74) is 1.31. The van der Waals surface area contributed by atoms with Crippen molar-refractivity contribution in [3.8, 4) is 12.3 Å². The summed E-state index contributed by atoms with van der Waals surface area (Å²) in [7, 11) is 0. The molecule has 2 aromatic carbocycles. The molecule has 0 amide bonds. The zero-order valence-electron chi connectivity index (χ0n) is 16.7. The molecule has 0 saturated carbocycles. The molecule has 1 atom stereocenters. The molecule has 0 fully saturated rings. The van der Waals surface area contributed by atoms with E-state index >= 15 is 0 Å². The Kier molecular flexibility index (Phi) is 5.20. The largest absolute Gasteiger partial charge is 0.458 e. The molecule has 128 valence electrons. The van der Waals surface area contributed by atoms with Gasteiger partial charge in [-0.05, 0) is 20.8 Å². The first-order valence-corrected chi connectivity index (χ1v) is 8.09. The van der Waals surface area contributed by atoms with E-state index in [-0.39, 0.29) is 6.42 Å². The zero-order chi connectivity index (χ0) is 19.9. The third-order valence-corrected chi connectivity index (χ3v) is 3.23. The maximum Gasteiger partial charge on any atom is 0.332 e. The van der Waals surface area contributed by atoms with Crippen LogP contribution in [-0.2, 0) is 9.53 Å². The predicted molar refractivity (Wildman–Crippen MR) is 102 cm³/mol. The van der Waals surface area contributed by atoms with Gasteiger partial charge in [0.05, 0.1) is 7.08 Å². The Morgan fingerprint density at radius 1 is 1.16 bits per heavy atom. The summed E-state index contributed by atoms with van der Waals surface area (Å²) in [5, 5.41) is 0. The Labute approximate surface area is 152 Å². The van der Waals surface area contributed by atoms with Gasteiger partial charge < -0.3 is 4.74 Å². The van der Waals surface area contributed by atoms with E-state index in [9.17, 15) is 4.79 Å². The van der Waals surface area contributed by atoms with Gasteiger partial charge in [0.2, 0.25) is 0 Å². The summed E-state index contributed by atoms with van der Waals surface area (Å²) in [6.45, 7) is 5.21. The molecule has 0 saturated heterocycles. The van der Waals surface area contributed by atoms with Crippen LogP contribution in [0.15, 0.2) is 65.7 Å². The molecule has 0 bridgehead atoms. The minimum atomic E-state index is -1.97. The van der Waals surface area contributed by atoms with Gasteiger partial charge in [0.25, 0.3) is 0 Å². The normalized spacial score (nSPS) is 14.0. The number of rotatable bonds is 5. The molecule has 0 N–H and O–H groups in total. The summed E-state index contributed by atoms with van der Waals surface area (Å²) < 4.78 is 21.2. The molecule has 0 aliphatic heterocycles. The van der Waals surface area contributed by atoms with Crippen molar-refractivity contribution < 1.29 is 12.3 Å². The van der Waals surface area contributed by atoms with E-state index in [4.69, 9.17) is 7.48 Å². The van der Waals surface area contributed by atoms with Gasteiger partial charge in [-0.2, -0.15) is 0 Å². The third-order valence-electron chi connectivity index (χ3n) is 3.23. The minimum Gasteiger partial charge on any atom is -0.458 e. The van der Waals surface area contributed by atoms with E-state index in [1.165, 1.54) is 0 Å². The smallest absolute Gasteiger partial charge is 0.332 e. The number of nitrogens with zero attached hydrogens (tertiary/aromatic N) is 1. The second-order valence-electron chi connectivity index (χ2n) is 6.49. The van der Waals surface area contributed by atoms with Crippen molar-refractivity contribution in [2.45, 2.75) is 38.8 Å². The van der Waals surface area contributed by atoms with E-state index in [2.05, 4.69) is 10.9 Å². The number of carbonyl (C=O) groups is 1. The highest BCUT2D eigenvalue weighted by Gasteiger charge is 2.25. The summed E-state index contributed by atoms with van der Waals surface area (Å²) in [4.78, 5) is 17.2. The fourth-order valence-electron chi connectivity index (χ4n) is 2.20. The van der Waals surface area contributed by atoms with Gasteiger partial charge in [-0.1, -0.05) is 60.7 Å². The highest BCUT2D eigenvalue weighted by atomic mass is 16.6. The Morgan fingerprint density at radius 2 is 1.68 bits per heavy atom. The molecule has 0 aromatic heterocycles. The van der Waals surface area contributed by atoms with Gasteiger partial charge in [0, 0.05) is 17.5 Å². The van der Waals surface area contributed by atoms with Crippen molar-refractivity contribution >= 4 is 11.7 Å². The molecule has 0 unspecified atom stereocenters. The zero-order valence-corrected chi connectivity index (χ0v) is 14.7. The number of hydrogen-bond acceptors (Lipinski definition) is 3. The van der Waals surface area contributed by atoms with E-state index in [1.54, 1.807) is 20.8 Å². The maximum atomic E-state index is 12.7. The summed E-state index contributed by atoms with van der Waals surface area (Å²) in [6.07, 6.45) is 1.77. The van der Waals surface area contributed by atoms with Crippen molar-refractivity contribution in [3.05, 3.63) is 71.8 Å². The standard InChI is InChI=1S/C22H23NO2/c1-5-12-19(21(24)25-22(2,3)4)23-20(17-13-8-6-9-14-17)18-15-10-7-11-16-18/h1,6-11,13-16,19H,12H2,2-4H3/t19-/m0/s1/i1D,19D. The molecule has 0 spiro atoms. The first-order valence-electron chi connectivity index (χ1n) is 9.09. The summed E-state index contributed by atoms with van der Waals surface area (Å²) in [5.74, 6) is 1.70. The quantitative estimate of drug-likeness (QED) is 0.465. The van der Waals surface area contributed by atoms with Crippen LogP contribution in [0.25, 0.3) is 0 Å². The number of benzene rings is 2. The molecular formula is C22H23NO2. The molecular weight excluding hydrogens is 310 g/mol. The lowest BCUT2D eigenvalue weighted by Crippen LogP contribution is -2.31. The Bertz CT molecular complexity index is 820. The highest BCUT2D eigenvalue weighted by molar-refractivity contribution is 6.13. The fraction of sp³-hybridized carbons (Fsp3) is 0.273. The number of ether oxygens (including phenoxy) is 1. The molecule has 0 aliphatic rings. The highest BCUT2D eigenvalue weighted by Crippen LogP contribution is 2.16. The molecule has 3 nitrogen and oxygen atoms in total. The minimum absolute atomic E-state index is 0.228. The van der Waals surface area contributed by atoms with Gasteiger partial charge in [-0.15, -0.1) is 12.3 Å². The van der Waals surface area contributed by atoms with Gasteiger partial charge in [0.15, 0.2) is 6.02 Å². The van der Waals surface area contributed by atoms with Crippen molar-refractivity contribution in [2.75, 3.05) is 0 Å². The maximum absolute atomic E-state index is 12.7. The Balaban J connectivity index is 2.60. The van der Waals surface area contributed by atoms with E-state index < -0.39 is 17.6 Å². The molecule has 0 aliphatic carbocycles. The molecule has 2 aromatic rings. The van der Waals surface area contributed by atoms with Crippen LogP contribution in [0.5, 0.6) is 0 Å². The summed E-state index contributed by atoms with van der Waals surface area (Å²) >= 11 is 0. The lowest BCUT2D eigenvalue weighted by molar-refractivity contribution is -0.156. The van der Waals surface area contributed by atoms with Crippen molar-refractivity contribution in [2.24, 2.45) is 4.99 Å². The predicted octanol–water partition coefficient (Wildman–Crippen LogP) is 4.26. The van der Waals surface area contributed by atoms with Crippen LogP contribution in [0.1, 0.15) is 41.1 Å². The number of hydrogen-bond donors (Lipinski definition) is 0. The van der Waals surface area contributed by atoms with Crippen LogP contribution >= 0.6 is 0 Å². The van der Waals surface area contributed by atoms with E-state index in [0.29, 0.717) is 5.71 Å². The van der Waals surface area contributed by atoms with Crippen molar-refractivity contribution in [1.29, 1.82) is 0 Å². The van der Waals surface area contributed by atoms with Gasteiger partial charge in [-0.25, -0.2) is 4.79 Å². The molecule has 0 heterocycles. The van der Waals surface area contributed by atoms with Crippen LogP contribution < -0.4 is 0 Å². The molecule has 0 radical (unpaired) electrons. The first kappa shape index (κ1) is 15.7. The first-order chi connectivity index (χ1) is 12.7. The Hall–Kier alpha value is -2.86. The van der Waals surface area contributed by atoms with Crippen LogP contribution in [0.2, 0.25) is 0 Å². The second kappa shape index (κ2) is 8.30. The van der Waals surface area contributed by atoms with Crippen LogP contribution in [0, 0.1) is 12.3 Å². The molecule has 3 heteroatoms. The number of terminal acetylenes is 1. The monoisotopic (exact) mass is 335 g/mol. The van der Waals surface area contributed by atoms with Crippen molar-refractivity contribution in [1.82, 2.24) is 0 Å². The number of esters is 1. The van der Waals surface area contributed by atoms with Crippen molar-refractivity contribution in [3.63, 3.8) is 0 Å². The molecule has 2 rings (SSSR count). The van der Waals surface area contributed by atoms with Crippen LogP contribution in [-0.4, -0.2) is 23.3 Å². The SMILES string of the molecule is [2H]C#CC[C@]([2H])(N=C(c1ccccc1)c1ccccc1)C(=O)OC(C)(C)C. The van der Waals surface area contributed by atoms with Crippen LogP contribution in [0.4, 0.5) is 0 Å². The summed E-state index contributed by atoms with van der Waals surface area (Å²) in [6, 6.07) is 16.8. The molecule has 25 heavy (non-hydrogen) atoms. The third kappa shape index (κ3) is 5.61. The van der Waals surface area contributed by atoms with E-state index in [1.807, 2.05) is 67.1 Å². The van der Waals surface area contributed by atoms with Gasteiger partial charge in [0.1, 0.15) is 6.97 Å². The van der Waals surface area contributed by atoms with Gasteiger partial charge in [-0.3, -0.25) is 4.99 Å². The fourth-order valence-corrected chi connectivity index (χ4v) is 2.20. The second-order valence-corrected chi connectivity index (χ2v) is 6.49.